The predicted molar refractivity (Wildman–Crippen MR) is 68.1 cm³/mol. The molecule has 0 radical (unpaired) electrons. The molecule has 2 atom stereocenters. The molecule has 1 saturated heterocycles. The average molecular weight is 235 g/mol. The second-order valence-electron chi connectivity index (χ2n) is 4.77. The molecule has 2 rings (SSSR count). The van der Waals surface area contributed by atoms with Crippen LogP contribution in [0.5, 0.6) is 0 Å². The van der Waals surface area contributed by atoms with Crippen molar-refractivity contribution in [3.63, 3.8) is 0 Å². The van der Waals surface area contributed by atoms with Gasteiger partial charge in [0.25, 0.3) is 0 Å². The molecule has 0 saturated carbocycles. The van der Waals surface area contributed by atoms with Gasteiger partial charge in [-0.15, -0.1) is 0 Å². The number of benzene rings is 1. The lowest BCUT2D eigenvalue weighted by Gasteiger charge is -2.19. The van der Waals surface area contributed by atoms with Crippen LogP contribution in [0.25, 0.3) is 0 Å². The van der Waals surface area contributed by atoms with Gasteiger partial charge in [0.15, 0.2) is 0 Å². The molecule has 2 unspecified atom stereocenters. The number of nitrogens with zero attached hydrogens (tertiary/aromatic N) is 1. The van der Waals surface area contributed by atoms with Gasteiger partial charge >= 0.3 is 0 Å². The van der Waals surface area contributed by atoms with Crippen LogP contribution in [0, 0.1) is 0 Å². The zero-order chi connectivity index (χ0) is 12.1. The van der Waals surface area contributed by atoms with Crippen molar-refractivity contribution >= 4 is 0 Å². The molecule has 1 aliphatic rings. The molecule has 0 bridgehead atoms. The minimum Gasteiger partial charge on any atom is -0.389 e. The SMILES string of the molecule is COCC(O)CN1CCC(c2ccccc2)C1. The molecule has 1 aliphatic heterocycles. The Balaban J connectivity index is 1.83. The number of aliphatic hydroxyl groups is 1. The molecule has 0 aliphatic carbocycles. The van der Waals surface area contributed by atoms with Crippen LogP contribution in [0.4, 0.5) is 0 Å². The third kappa shape index (κ3) is 3.53. The number of methoxy groups -OCH3 is 1. The number of ether oxygens (including phenoxy) is 1. The van der Waals surface area contributed by atoms with Gasteiger partial charge in [0.05, 0.1) is 12.7 Å². The van der Waals surface area contributed by atoms with Crippen molar-refractivity contribution in [1.82, 2.24) is 4.90 Å². The van der Waals surface area contributed by atoms with E-state index in [1.165, 1.54) is 12.0 Å². The summed E-state index contributed by atoms with van der Waals surface area (Å²) in [5.41, 5.74) is 1.41. The number of hydrogen-bond donors (Lipinski definition) is 1. The van der Waals surface area contributed by atoms with Crippen LogP contribution in [0.2, 0.25) is 0 Å². The van der Waals surface area contributed by atoms with Crippen molar-refractivity contribution in [2.24, 2.45) is 0 Å². The number of aliphatic hydroxyl groups excluding tert-OH is 1. The minimum atomic E-state index is -0.366. The normalized spacial score (nSPS) is 22.8. The summed E-state index contributed by atoms with van der Waals surface area (Å²) >= 11 is 0. The van der Waals surface area contributed by atoms with Crippen LogP contribution in [0.15, 0.2) is 30.3 Å². The van der Waals surface area contributed by atoms with E-state index in [1.807, 2.05) is 0 Å². The molecular formula is C14H21NO2. The van der Waals surface area contributed by atoms with Crippen LogP contribution in [-0.2, 0) is 4.74 Å². The first-order valence-corrected chi connectivity index (χ1v) is 6.24. The van der Waals surface area contributed by atoms with Gasteiger partial charge < -0.3 is 14.7 Å². The van der Waals surface area contributed by atoms with Crippen LogP contribution >= 0.6 is 0 Å². The molecule has 3 heteroatoms. The molecule has 1 heterocycles. The van der Waals surface area contributed by atoms with Gasteiger partial charge in [0.1, 0.15) is 0 Å². The van der Waals surface area contributed by atoms with Crippen LogP contribution in [-0.4, -0.2) is 49.5 Å². The van der Waals surface area contributed by atoms with E-state index in [9.17, 15) is 5.11 Å². The monoisotopic (exact) mass is 235 g/mol. The maximum atomic E-state index is 9.70. The van der Waals surface area contributed by atoms with Crippen LogP contribution in [0.1, 0.15) is 17.9 Å². The molecule has 1 aromatic carbocycles. The predicted octanol–water partition coefficient (Wildman–Crippen LogP) is 1.48. The van der Waals surface area contributed by atoms with Gasteiger partial charge in [0.2, 0.25) is 0 Å². The first kappa shape index (κ1) is 12.6. The second kappa shape index (κ2) is 6.15. The zero-order valence-electron chi connectivity index (χ0n) is 10.4. The quantitative estimate of drug-likeness (QED) is 0.839. The van der Waals surface area contributed by atoms with E-state index in [0.717, 1.165) is 19.6 Å². The molecule has 1 fully saturated rings. The van der Waals surface area contributed by atoms with Crippen molar-refractivity contribution in [3.8, 4) is 0 Å². The van der Waals surface area contributed by atoms with Crippen molar-refractivity contribution in [3.05, 3.63) is 35.9 Å². The Hall–Kier alpha value is -0.900. The summed E-state index contributed by atoms with van der Waals surface area (Å²) < 4.78 is 4.95. The van der Waals surface area contributed by atoms with Gasteiger partial charge in [-0.05, 0) is 24.4 Å². The third-order valence-electron chi connectivity index (χ3n) is 3.37. The summed E-state index contributed by atoms with van der Waals surface area (Å²) in [7, 11) is 1.62. The second-order valence-corrected chi connectivity index (χ2v) is 4.77. The summed E-state index contributed by atoms with van der Waals surface area (Å²) in [6.07, 6.45) is 0.818. The summed E-state index contributed by atoms with van der Waals surface area (Å²) in [5, 5.41) is 9.70. The topological polar surface area (TPSA) is 32.7 Å². The average Bonchev–Trinajstić information content (AvgIpc) is 2.79. The van der Waals surface area contributed by atoms with E-state index in [0.29, 0.717) is 12.5 Å². The van der Waals surface area contributed by atoms with E-state index < -0.39 is 0 Å². The van der Waals surface area contributed by atoms with E-state index in [4.69, 9.17) is 4.74 Å². The van der Waals surface area contributed by atoms with Crippen molar-refractivity contribution in [2.45, 2.75) is 18.4 Å². The summed E-state index contributed by atoms with van der Waals surface area (Å²) in [5.74, 6) is 0.617. The molecule has 94 valence electrons. The Morgan fingerprint density at radius 3 is 2.88 bits per heavy atom. The van der Waals surface area contributed by atoms with Crippen LogP contribution in [0.3, 0.4) is 0 Å². The number of rotatable bonds is 5. The highest BCUT2D eigenvalue weighted by atomic mass is 16.5. The van der Waals surface area contributed by atoms with E-state index in [2.05, 4.69) is 35.2 Å². The molecule has 1 N–H and O–H groups in total. The summed E-state index contributed by atoms with van der Waals surface area (Å²) in [6, 6.07) is 10.6. The Morgan fingerprint density at radius 2 is 2.18 bits per heavy atom. The first-order valence-electron chi connectivity index (χ1n) is 6.24. The molecule has 3 nitrogen and oxygen atoms in total. The Bertz CT molecular complexity index is 328. The first-order chi connectivity index (χ1) is 8.29. The van der Waals surface area contributed by atoms with Crippen LogP contribution < -0.4 is 0 Å². The zero-order valence-corrected chi connectivity index (χ0v) is 10.4. The maximum absolute atomic E-state index is 9.70. The molecule has 1 aromatic rings. The standard InChI is InChI=1S/C14H21NO2/c1-17-11-14(16)10-15-8-7-13(9-15)12-5-3-2-4-6-12/h2-6,13-14,16H,7-11H2,1H3. The van der Waals surface area contributed by atoms with E-state index >= 15 is 0 Å². The molecule has 17 heavy (non-hydrogen) atoms. The molecular weight excluding hydrogens is 214 g/mol. The Labute approximate surface area is 103 Å². The van der Waals surface area contributed by atoms with Gasteiger partial charge in [-0.2, -0.15) is 0 Å². The number of β-amino-alcohol motifs (C(OH)–C–C–N with tert-alkyl or cyclic N) is 1. The smallest absolute Gasteiger partial charge is 0.0900 e. The Morgan fingerprint density at radius 1 is 1.41 bits per heavy atom. The fourth-order valence-corrected chi connectivity index (χ4v) is 2.54. The van der Waals surface area contributed by atoms with Gasteiger partial charge in [-0.3, -0.25) is 0 Å². The van der Waals surface area contributed by atoms with E-state index in [1.54, 1.807) is 7.11 Å². The maximum Gasteiger partial charge on any atom is 0.0900 e. The van der Waals surface area contributed by atoms with Gasteiger partial charge in [0, 0.05) is 20.2 Å². The lowest BCUT2D eigenvalue weighted by Crippen LogP contribution is -2.33. The molecule has 0 amide bonds. The number of hydrogen-bond acceptors (Lipinski definition) is 3. The summed E-state index contributed by atoms with van der Waals surface area (Å²) in [6.45, 7) is 3.26. The lowest BCUT2D eigenvalue weighted by atomic mass is 9.99. The number of likely N-dealkylation sites (tertiary alicyclic amines) is 1. The van der Waals surface area contributed by atoms with E-state index in [-0.39, 0.29) is 6.10 Å². The largest absolute Gasteiger partial charge is 0.389 e. The van der Waals surface area contributed by atoms with Crippen molar-refractivity contribution < 1.29 is 9.84 Å². The van der Waals surface area contributed by atoms with Gasteiger partial charge in [-0.1, -0.05) is 30.3 Å². The Kier molecular flexibility index (Phi) is 4.54. The van der Waals surface area contributed by atoms with Gasteiger partial charge in [-0.25, -0.2) is 0 Å². The van der Waals surface area contributed by atoms with Crippen molar-refractivity contribution in [1.29, 1.82) is 0 Å². The third-order valence-corrected chi connectivity index (χ3v) is 3.37. The highest BCUT2D eigenvalue weighted by Crippen LogP contribution is 2.26. The highest BCUT2D eigenvalue weighted by molar-refractivity contribution is 5.20. The fraction of sp³-hybridized carbons (Fsp3) is 0.571. The fourth-order valence-electron chi connectivity index (χ4n) is 2.54. The lowest BCUT2D eigenvalue weighted by molar-refractivity contribution is 0.0426. The van der Waals surface area contributed by atoms with Crippen molar-refractivity contribution in [2.75, 3.05) is 33.4 Å². The minimum absolute atomic E-state index is 0.366. The molecule has 0 aromatic heterocycles. The summed E-state index contributed by atoms with van der Waals surface area (Å²) in [4.78, 5) is 2.32. The molecule has 0 spiro atoms. The highest BCUT2D eigenvalue weighted by Gasteiger charge is 2.24.